The Labute approximate surface area is 65.0 Å². The van der Waals surface area contributed by atoms with Crippen molar-refractivity contribution in [1.82, 2.24) is 10.4 Å². The minimum Gasteiger partial charge on any atom is -0.368 e. The van der Waals surface area contributed by atoms with Crippen molar-refractivity contribution >= 4 is 12.3 Å². The van der Waals surface area contributed by atoms with Gasteiger partial charge in [0.1, 0.15) is 13.0 Å². The Balaban J connectivity index is 1.84. The highest BCUT2D eigenvalue weighted by molar-refractivity contribution is 5.87. The molecule has 11 heavy (non-hydrogen) atoms. The quantitative estimate of drug-likeness (QED) is 0.549. The van der Waals surface area contributed by atoms with Gasteiger partial charge in [-0.3, -0.25) is 5.01 Å². The van der Waals surface area contributed by atoms with Crippen LogP contribution in [0.25, 0.3) is 0 Å². The number of nitrogens with two attached hydrogens (primary N) is 1. The summed E-state index contributed by atoms with van der Waals surface area (Å²) in [4.78, 5) is 7.81. The van der Waals surface area contributed by atoms with E-state index in [1.807, 2.05) is 5.01 Å². The average molecular weight is 153 g/mol. The van der Waals surface area contributed by atoms with Gasteiger partial charge in [-0.25, -0.2) is 15.4 Å². The second kappa shape index (κ2) is 2.50. The lowest BCUT2D eigenvalue weighted by atomic mass is 10.7. The van der Waals surface area contributed by atoms with Crippen LogP contribution < -0.4 is 11.2 Å². The Kier molecular flexibility index (Phi) is 1.50. The van der Waals surface area contributed by atoms with Gasteiger partial charge in [-0.05, 0) is 12.8 Å². The predicted molar refractivity (Wildman–Crippen MR) is 43.0 cm³/mol. The van der Waals surface area contributed by atoms with Crippen molar-refractivity contribution in [2.75, 3.05) is 6.67 Å². The molecule has 0 aromatic heterocycles. The Bertz CT molecular complexity index is 205. The van der Waals surface area contributed by atoms with Crippen molar-refractivity contribution in [1.29, 1.82) is 0 Å². The van der Waals surface area contributed by atoms with Gasteiger partial charge in [-0.2, -0.15) is 0 Å². The van der Waals surface area contributed by atoms with Crippen LogP contribution in [0.5, 0.6) is 0 Å². The summed E-state index contributed by atoms with van der Waals surface area (Å²) < 4.78 is 0. The van der Waals surface area contributed by atoms with E-state index in [1.165, 1.54) is 12.8 Å². The number of hydrazine groups is 1. The van der Waals surface area contributed by atoms with Gasteiger partial charge in [0.2, 0.25) is 5.96 Å². The van der Waals surface area contributed by atoms with Gasteiger partial charge < -0.3 is 5.73 Å². The zero-order valence-corrected chi connectivity index (χ0v) is 6.20. The molecular formula is C6H11N5. The lowest BCUT2D eigenvalue weighted by Crippen LogP contribution is -2.41. The average Bonchev–Trinajstić information content (AvgIpc) is 2.78. The summed E-state index contributed by atoms with van der Waals surface area (Å²) >= 11 is 0. The van der Waals surface area contributed by atoms with Gasteiger partial charge in [-0.15, -0.1) is 0 Å². The highest BCUT2D eigenvalue weighted by Gasteiger charge is 2.23. The number of guanidine groups is 1. The van der Waals surface area contributed by atoms with Crippen LogP contribution in [0, 0.1) is 0 Å². The van der Waals surface area contributed by atoms with E-state index in [9.17, 15) is 0 Å². The van der Waals surface area contributed by atoms with E-state index in [4.69, 9.17) is 5.73 Å². The molecule has 2 aliphatic rings. The van der Waals surface area contributed by atoms with Crippen LogP contribution in [-0.2, 0) is 0 Å². The zero-order chi connectivity index (χ0) is 7.68. The molecule has 1 heterocycles. The maximum Gasteiger partial charge on any atom is 0.218 e. The highest BCUT2D eigenvalue weighted by Crippen LogP contribution is 2.18. The van der Waals surface area contributed by atoms with E-state index in [-0.39, 0.29) is 0 Å². The van der Waals surface area contributed by atoms with E-state index in [0.29, 0.717) is 18.7 Å². The molecule has 1 fully saturated rings. The van der Waals surface area contributed by atoms with E-state index >= 15 is 0 Å². The summed E-state index contributed by atoms with van der Waals surface area (Å²) in [6.45, 7) is 0.575. The van der Waals surface area contributed by atoms with Crippen LogP contribution in [0.4, 0.5) is 0 Å². The van der Waals surface area contributed by atoms with Gasteiger partial charge in [0.15, 0.2) is 0 Å². The molecule has 1 aliphatic heterocycles. The number of nitrogens with zero attached hydrogens (tertiary/aromatic N) is 3. The maximum absolute atomic E-state index is 5.34. The van der Waals surface area contributed by atoms with Crippen LogP contribution in [0.2, 0.25) is 0 Å². The van der Waals surface area contributed by atoms with Gasteiger partial charge in [0, 0.05) is 6.04 Å². The van der Waals surface area contributed by atoms with Crippen molar-refractivity contribution in [3.05, 3.63) is 0 Å². The minimum absolute atomic E-state index is 0.360. The molecule has 5 heteroatoms. The molecule has 0 atom stereocenters. The smallest absolute Gasteiger partial charge is 0.218 e. The largest absolute Gasteiger partial charge is 0.368 e. The van der Waals surface area contributed by atoms with E-state index in [0.717, 1.165) is 0 Å². The summed E-state index contributed by atoms with van der Waals surface area (Å²) in [5.41, 5.74) is 8.58. The highest BCUT2D eigenvalue weighted by atomic mass is 15.6. The van der Waals surface area contributed by atoms with Crippen molar-refractivity contribution in [3.63, 3.8) is 0 Å². The minimum atomic E-state index is 0.360. The number of hydrogen-bond donors (Lipinski definition) is 2. The molecule has 1 saturated carbocycles. The molecule has 2 rings (SSSR count). The molecule has 5 nitrogen and oxygen atoms in total. The SMILES string of the molecule is NC1=NCN(NC2CC2)C=N1. The molecule has 3 N–H and O–H groups in total. The fourth-order valence-electron chi connectivity index (χ4n) is 0.876. The van der Waals surface area contributed by atoms with Crippen LogP contribution >= 0.6 is 0 Å². The molecule has 0 amide bonds. The molecule has 0 saturated heterocycles. The third-order valence-corrected chi connectivity index (χ3v) is 1.64. The van der Waals surface area contributed by atoms with Gasteiger partial charge >= 0.3 is 0 Å². The van der Waals surface area contributed by atoms with E-state index in [1.54, 1.807) is 6.34 Å². The first-order valence-electron chi connectivity index (χ1n) is 3.71. The molecular weight excluding hydrogens is 142 g/mol. The first-order valence-corrected chi connectivity index (χ1v) is 3.71. The first-order chi connectivity index (χ1) is 5.34. The fourth-order valence-corrected chi connectivity index (χ4v) is 0.876. The standard InChI is InChI=1S/C6H11N5/c7-6-8-3-11(4-9-6)10-5-1-2-5/h3,5,10H,1-2,4H2,(H2,7,9). The Morgan fingerprint density at radius 3 is 3.00 bits per heavy atom. The topological polar surface area (TPSA) is 66.0 Å². The van der Waals surface area contributed by atoms with Crippen LogP contribution in [0.3, 0.4) is 0 Å². The Hall–Kier alpha value is -1.10. The number of aliphatic imine (C=N–C) groups is 2. The molecule has 0 aromatic carbocycles. The number of hydrogen-bond acceptors (Lipinski definition) is 5. The second-order valence-corrected chi connectivity index (χ2v) is 2.78. The van der Waals surface area contributed by atoms with Crippen molar-refractivity contribution in [2.24, 2.45) is 15.7 Å². The lowest BCUT2D eigenvalue weighted by molar-refractivity contribution is 0.317. The molecule has 60 valence electrons. The summed E-state index contributed by atoms with van der Waals surface area (Å²) in [6.07, 6.45) is 4.19. The third kappa shape index (κ3) is 1.68. The summed E-state index contributed by atoms with van der Waals surface area (Å²) in [6, 6.07) is 0.635. The normalized spacial score (nSPS) is 23.6. The molecule has 0 aromatic rings. The van der Waals surface area contributed by atoms with Gasteiger partial charge in [0.25, 0.3) is 0 Å². The molecule has 0 spiro atoms. The predicted octanol–water partition coefficient (Wildman–Crippen LogP) is -0.731. The first kappa shape index (κ1) is 6.60. The van der Waals surface area contributed by atoms with E-state index < -0.39 is 0 Å². The summed E-state index contributed by atoms with van der Waals surface area (Å²) in [5, 5.41) is 1.86. The molecule has 1 aliphatic carbocycles. The Morgan fingerprint density at radius 2 is 2.45 bits per heavy atom. The van der Waals surface area contributed by atoms with Crippen molar-refractivity contribution in [2.45, 2.75) is 18.9 Å². The van der Waals surface area contributed by atoms with Gasteiger partial charge in [-0.1, -0.05) is 0 Å². The number of rotatable bonds is 2. The monoisotopic (exact) mass is 153 g/mol. The summed E-state index contributed by atoms with van der Waals surface area (Å²) in [5.74, 6) is 0.360. The van der Waals surface area contributed by atoms with Crippen LogP contribution in [-0.4, -0.2) is 30.0 Å². The van der Waals surface area contributed by atoms with Crippen molar-refractivity contribution < 1.29 is 0 Å². The lowest BCUT2D eigenvalue weighted by Gasteiger charge is -2.20. The number of nitrogens with one attached hydrogen (secondary N) is 1. The van der Waals surface area contributed by atoms with Crippen molar-refractivity contribution in [3.8, 4) is 0 Å². The van der Waals surface area contributed by atoms with Gasteiger partial charge in [0.05, 0.1) is 0 Å². The molecule has 0 radical (unpaired) electrons. The summed E-state index contributed by atoms with van der Waals surface area (Å²) in [7, 11) is 0. The third-order valence-electron chi connectivity index (χ3n) is 1.64. The van der Waals surface area contributed by atoms with Crippen LogP contribution in [0.1, 0.15) is 12.8 Å². The zero-order valence-electron chi connectivity index (χ0n) is 6.20. The fraction of sp³-hybridized carbons (Fsp3) is 0.667. The Morgan fingerprint density at radius 1 is 1.64 bits per heavy atom. The second-order valence-electron chi connectivity index (χ2n) is 2.78. The van der Waals surface area contributed by atoms with Crippen LogP contribution in [0.15, 0.2) is 9.98 Å². The molecule has 0 bridgehead atoms. The molecule has 0 unspecified atom stereocenters. The maximum atomic E-state index is 5.34. The van der Waals surface area contributed by atoms with E-state index in [2.05, 4.69) is 15.4 Å².